The van der Waals surface area contributed by atoms with Crippen molar-refractivity contribution in [2.75, 3.05) is 19.7 Å². The molecule has 142 valence electrons. The molecule has 27 heavy (non-hydrogen) atoms. The van der Waals surface area contributed by atoms with Gasteiger partial charge in [0.25, 0.3) is 5.91 Å². The van der Waals surface area contributed by atoms with Crippen LogP contribution in [0, 0.1) is 0 Å². The van der Waals surface area contributed by atoms with Crippen molar-refractivity contribution >= 4 is 5.91 Å². The number of piperidine rings is 1. The van der Waals surface area contributed by atoms with Crippen LogP contribution in [0.3, 0.4) is 0 Å². The van der Waals surface area contributed by atoms with Crippen LogP contribution in [0.25, 0.3) is 0 Å². The molecule has 1 saturated heterocycles. The van der Waals surface area contributed by atoms with Gasteiger partial charge in [-0.25, -0.2) is 15.0 Å². The number of carbonyl (C=O) groups excluding carboxylic acids is 1. The number of nitrogens with one attached hydrogen (secondary N) is 1. The molecule has 7 nitrogen and oxygen atoms in total. The Bertz CT molecular complexity index is 820. The zero-order valence-electron chi connectivity index (χ0n) is 15.6. The zero-order chi connectivity index (χ0) is 18.6. The van der Waals surface area contributed by atoms with Crippen molar-refractivity contribution in [3.8, 4) is 5.88 Å². The van der Waals surface area contributed by atoms with Crippen LogP contribution in [0.15, 0.2) is 24.5 Å². The van der Waals surface area contributed by atoms with E-state index in [1.807, 2.05) is 18.0 Å². The summed E-state index contributed by atoms with van der Waals surface area (Å²) in [4.78, 5) is 28.4. The van der Waals surface area contributed by atoms with E-state index >= 15 is 0 Å². The number of hydrogen-bond donors (Lipinski definition) is 1. The highest BCUT2D eigenvalue weighted by Crippen LogP contribution is 2.25. The van der Waals surface area contributed by atoms with Crippen LogP contribution >= 0.6 is 0 Å². The summed E-state index contributed by atoms with van der Waals surface area (Å²) in [5.41, 5.74) is 2.59. The van der Waals surface area contributed by atoms with Crippen LogP contribution in [0.2, 0.25) is 0 Å². The fourth-order valence-corrected chi connectivity index (χ4v) is 3.72. The van der Waals surface area contributed by atoms with E-state index in [0.29, 0.717) is 31.1 Å². The molecule has 2 aliphatic rings. The topological polar surface area (TPSA) is 80.2 Å². The third-order valence-corrected chi connectivity index (χ3v) is 5.14. The van der Waals surface area contributed by atoms with Crippen LogP contribution in [-0.4, -0.2) is 45.5 Å². The summed E-state index contributed by atoms with van der Waals surface area (Å²) in [5, 5.41) is 3.50. The van der Waals surface area contributed by atoms with Gasteiger partial charge in [-0.2, -0.15) is 0 Å². The molecule has 0 saturated carbocycles. The first kappa shape index (κ1) is 17.9. The normalized spacial score (nSPS) is 19.4. The smallest absolute Gasteiger partial charge is 0.259 e. The van der Waals surface area contributed by atoms with Crippen molar-refractivity contribution in [1.82, 2.24) is 25.2 Å². The fraction of sp³-hybridized carbons (Fsp3) is 0.500. The zero-order valence-corrected chi connectivity index (χ0v) is 15.6. The minimum absolute atomic E-state index is 0.0600. The quantitative estimate of drug-likeness (QED) is 0.893. The molecule has 0 spiro atoms. The lowest BCUT2D eigenvalue weighted by molar-refractivity contribution is 0.0728. The lowest BCUT2D eigenvalue weighted by Crippen LogP contribution is -2.37. The van der Waals surface area contributed by atoms with E-state index in [0.717, 1.165) is 36.5 Å². The summed E-state index contributed by atoms with van der Waals surface area (Å²) >= 11 is 0. The second kappa shape index (κ2) is 8.00. The Kier molecular flexibility index (Phi) is 5.29. The summed E-state index contributed by atoms with van der Waals surface area (Å²) in [7, 11) is 0. The Hall–Kier alpha value is -2.54. The second-order valence-electron chi connectivity index (χ2n) is 6.97. The Morgan fingerprint density at radius 2 is 2.30 bits per heavy atom. The number of ether oxygens (including phenoxy) is 1. The van der Waals surface area contributed by atoms with Crippen LogP contribution in [0.4, 0.5) is 0 Å². The number of nitrogens with zero attached hydrogens (tertiary/aromatic N) is 4. The van der Waals surface area contributed by atoms with Crippen LogP contribution in [0.5, 0.6) is 5.88 Å². The number of hydrogen-bond acceptors (Lipinski definition) is 6. The van der Waals surface area contributed by atoms with Crippen molar-refractivity contribution in [3.05, 3.63) is 47.2 Å². The van der Waals surface area contributed by atoms with Gasteiger partial charge in [0.05, 0.1) is 18.3 Å². The Morgan fingerprint density at radius 1 is 1.37 bits per heavy atom. The first-order chi connectivity index (χ1) is 13.3. The maximum absolute atomic E-state index is 13.0. The summed E-state index contributed by atoms with van der Waals surface area (Å²) in [5.74, 6) is 1.22. The lowest BCUT2D eigenvalue weighted by atomic mass is 10.0. The number of carbonyl (C=O) groups is 1. The van der Waals surface area contributed by atoms with Gasteiger partial charge in [-0.3, -0.25) is 4.79 Å². The van der Waals surface area contributed by atoms with Crippen LogP contribution in [-0.2, 0) is 13.0 Å². The molecule has 1 amide bonds. The molecule has 2 aromatic rings. The van der Waals surface area contributed by atoms with Gasteiger partial charge in [0.15, 0.2) is 0 Å². The van der Waals surface area contributed by atoms with Gasteiger partial charge in [-0.1, -0.05) is 6.42 Å². The maximum Gasteiger partial charge on any atom is 0.259 e. The minimum Gasteiger partial charge on any atom is -0.477 e. The fourth-order valence-electron chi connectivity index (χ4n) is 3.72. The first-order valence-corrected chi connectivity index (χ1v) is 9.71. The molecule has 1 unspecified atom stereocenters. The number of pyridine rings is 1. The van der Waals surface area contributed by atoms with E-state index in [4.69, 9.17) is 9.72 Å². The second-order valence-corrected chi connectivity index (χ2v) is 6.97. The maximum atomic E-state index is 13.0. The van der Waals surface area contributed by atoms with E-state index in [9.17, 15) is 4.79 Å². The summed E-state index contributed by atoms with van der Waals surface area (Å²) in [6.07, 6.45) is 7.80. The molecule has 0 aliphatic carbocycles. The molecule has 0 radical (unpaired) electrons. The highest BCUT2D eigenvalue weighted by Gasteiger charge is 2.27. The summed E-state index contributed by atoms with van der Waals surface area (Å²) < 4.78 is 5.51. The Balaban J connectivity index is 1.51. The molecule has 4 heterocycles. The molecule has 7 heteroatoms. The van der Waals surface area contributed by atoms with Gasteiger partial charge in [0.2, 0.25) is 5.88 Å². The van der Waals surface area contributed by atoms with E-state index in [1.165, 1.54) is 12.8 Å². The molecular formula is C20H25N5O2. The van der Waals surface area contributed by atoms with Gasteiger partial charge < -0.3 is 15.0 Å². The molecule has 1 N–H and O–H groups in total. The number of fused-ring (bicyclic) bond motifs is 1. The predicted octanol–water partition coefficient (Wildman–Crippen LogP) is 2.28. The highest BCUT2D eigenvalue weighted by molar-refractivity contribution is 5.96. The monoisotopic (exact) mass is 367 g/mol. The molecule has 2 aromatic heterocycles. The van der Waals surface area contributed by atoms with Gasteiger partial charge >= 0.3 is 0 Å². The molecule has 1 fully saturated rings. The van der Waals surface area contributed by atoms with Gasteiger partial charge in [0.1, 0.15) is 11.4 Å². The lowest BCUT2D eigenvalue weighted by Gasteiger charge is -2.29. The van der Waals surface area contributed by atoms with Gasteiger partial charge in [-0.15, -0.1) is 0 Å². The average Bonchev–Trinajstić information content (AvgIpc) is 2.74. The third kappa shape index (κ3) is 3.78. The van der Waals surface area contributed by atoms with Gasteiger partial charge in [-0.05, 0) is 38.4 Å². The van der Waals surface area contributed by atoms with Crippen molar-refractivity contribution in [1.29, 1.82) is 0 Å². The predicted molar refractivity (Wildman–Crippen MR) is 100 cm³/mol. The molecule has 0 aromatic carbocycles. The van der Waals surface area contributed by atoms with E-state index < -0.39 is 0 Å². The van der Waals surface area contributed by atoms with E-state index in [-0.39, 0.29) is 11.9 Å². The minimum atomic E-state index is -0.0600. The standard InChI is InChI=1S/C20H25N5O2/c1-2-27-19-15(6-5-10-22-19)20(26)25-11-8-16-14(13-25)12-23-18(24-16)17-7-3-4-9-21-17/h5-6,10,12,17,21H,2-4,7-9,11,13H2,1H3. The average molecular weight is 367 g/mol. The first-order valence-electron chi connectivity index (χ1n) is 9.71. The van der Waals surface area contributed by atoms with Gasteiger partial charge in [0, 0.05) is 37.5 Å². The SMILES string of the molecule is CCOc1ncccc1C(=O)N1CCc2nc(C3CCCCN3)ncc2C1. The van der Waals surface area contributed by atoms with Crippen LogP contribution < -0.4 is 10.1 Å². The molecule has 0 bridgehead atoms. The van der Waals surface area contributed by atoms with E-state index in [1.54, 1.807) is 18.3 Å². The summed E-state index contributed by atoms with van der Waals surface area (Å²) in [6, 6.07) is 3.79. The van der Waals surface area contributed by atoms with E-state index in [2.05, 4.69) is 15.3 Å². The van der Waals surface area contributed by atoms with Crippen molar-refractivity contribution in [2.24, 2.45) is 0 Å². The number of amides is 1. The number of aromatic nitrogens is 3. The van der Waals surface area contributed by atoms with Crippen molar-refractivity contribution in [3.63, 3.8) is 0 Å². The molecular weight excluding hydrogens is 342 g/mol. The largest absolute Gasteiger partial charge is 0.477 e. The molecule has 4 rings (SSSR count). The Labute approximate surface area is 159 Å². The number of rotatable bonds is 4. The van der Waals surface area contributed by atoms with Crippen LogP contribution in [0.1, 0.15) is 59.7 Å². The molecule has 2 aliphatic heterocycles. The molecule has 1 atom stereocenters. The van der Waals surface area contributed by atoms with Crippen molar-refractivity contribution < 1.29 is 9.53 Å². The third-order valence-electron chi connectivity index (χ3n) is 5.14. The highest BCUT2D eigenvalue weighted by atomic mass is 16.5. The summed E-state index contributed by atoms with van der Waals surface area (Å²) in [6.45, 7) is 4.55. The Morgan fingerprint density at radius 3 is 3.11 bits per heavy atom. The van der Waals surface area contributed by atoms with Crippen molar-refractivity contribution in [2.45, 2.75) is 45.2 Å².